The fourth-order valence-electron chi connectivity index (χ4n) is 3.16. The smallest absolute Gasteiger partial charge is 0.206 e. The lowest BCUT2D eigenvalue weighted by Crippen LogP contribution is -2.12. The van der Waals surface area contributed by atoms with Crippen LogP contribution in [0, 0.1) is 0 Å². The maximum Gasteiger partial charge on any atom is 0.206 e. The molecular weight excluding hydrogens is 296 g/mol. The van der Waals surface area contributed by atoms with Gasteiger partial charge in [-0.05, 0) is 60.6 Å². The molecule has 114 valence electrons. The summed E-state index contributed by atoms with van der Waals surface area (Å²) in [4.78, 5) is 11.5. The Morgan fingerprint density at radius 3 is 2.55 bits per heavy atom. The number of aldehydes is 1. The van der Waals surface area contributed by atoms with Crippen LogP contribution in [0.4, 0.5) is 0 Å². The van der Waals surface area contributed by atoms with Gasteiger partial charge in [0.2, 0.25) is 9.84 Å². The molecule has 0 heterocycles. The van der Waals surface area contributed by atoms with Gasteiger partial charge in [-0.15, -0.1) is 0 Å². The third kappa shape index (κ3) is 2.71. The molecule has 0 N–H and O–H groups in total. The summed E-state index contributed by atoms with van der Waals surface area (Å²) >= 11 is 0. The normalized spacial score (nSPS) is 17.7. The summed E-state index contributed by atoms with van der Waals surface area (Å²) in [5.41, 5.74) is 2.19. The van der Waals surface area contributed by atoms with Crippen molar-refractivity contribution in [1.29, 1.82) is 0 Å². The van der Waals surface area contributed by atoms with Crippen LogP contribution in [0.15, 0.2) is 58.3 Å². The summed E-state index contributed by atoms with van der Waals surface area (Å²) in [7, 11) is -3.47. The Morgan fingerprint density at radius 2 is 1.82 bits per heavy atom. The van der Waals surface area contributed by atoms with Gasteiger partial charge in [0.25, 0.3) is 0 Å². The molecule has 1 aliphatic carbocycles. The fourth-order valence-corrected chi connectivity index (χ4v) is 4.49. The second-order valence-corrected chi connectivity index (χ2v) is 7.62. The van der Waals surface area contributed by atoms with E-state index in [1.165, 1.54) is 0 Å². The van der Waals surface area contributed by atoms with Gasteiger partial charge in [-0.1, -0.05) is 24.3 Å². The van der Waals surface area contributed by atoms with Crippen LogP contribution in [0.25, 0.3) is 0 Å². The van der Waals surface area contributed by atoms with Crippen LogP contribution in [-0.4, -0.2) is 14.7 Å². The van der Waals surface area contributed by atoms with Crippen molar-refractivity contribution in [3.63, 3.8) is 0 Å². The van der Waals surface area contributed by atoms with E-state index >= 15 is 0 Å². The first-order valence-electron chi connectivity index (χ1n) is 7.49. The first-order valence-corrected chi connectivity index (χ1v) is 8.98. The van der Waals surface area contributed by atoms with E-state index in [0.29, 0.717) is 16.2 Å². The Balaban J connectivity index is 2.02. The molecule has 3 nitrogen and oxygen atoms in total. The van der Waals surface area contributed by atoms with Gasteiger partial charge in [0.15, 0.2) is 0 Å². The van der Waals surface area contributed by atoms with Gasteiger partial charge in [0.1, 0.15) is 6.29 Å². The molecule has 0 radical (unpaired) electrons. The molecule has 0 aliphatic heterocycles. The van der Waals surface area contributed by atoms with E-state index in [0.717, 1.165) is 36.7 Å². The minimum atomic E-state index is -3.47. The highest BCUT2D eigenvalue weighted by molar-refractivity contribution is 7.91. The standard InChI is InChI=1S/C18H18O3S/c19-12-11-14-5-4-6-15-13-17(9-10-18(14)15)22(20,21)16-7-2-1-3-8-16/h1-3,7-10,12-14H,4-6,11H2/t14-/m0/s1. The second-order valence-electron chi connectivity index (χ2n) is 5.67. The third-order valence-electron chi connectivity index (χ3n) is 4.30. The highest BCUT2D eigenvalue weighted by atomic mass is 32.2. The SMILES string of the molecule is O=CC[C@@H]1CCCc2cc(S(=O)(=O)c3ccccc3)ccc21. The molecule has 0 aromatic heterocycles. The molecular formula is C18H18O3S. The molecule has 0 saturated heterocycles. The molecule has 0 spiro atoms. The lowest BCUT2D eigenvalue weighted by atomic mass is 9.81. The Kier molecular flexibility index (Phi) is 4.12. The van der Waals surface area contributed by atoms with E-state index in [2.05, 4.69) is 0 Å². The van der Waals surface area contributed by atoms with E-state index in [9.17, 15) is 13.2 Å². The summed E-state index contributed by atoms with van der Waals surface area (Å²) < 4.78 is 25.3. The van der Waals surface area contributed by atoms with E-state index in [4.69, 9.17) is 0 Å². The lowest BCUT2D eigenvalue weighted by molar-refractivity contribution is -0.108. The minimum Gasteiger partial charge on any atom is -0.303 e. The molecule has 4 heteroatoms. The fraction of sp³-hybridized carbons (Fsp3) is 0.278. The summed E-state index contributed by atoms with van der Waals surface area (Å²) in [6, 6.07) is 13.8. The first-order chi connectivity index (χ1) is 10.6. The number of hydrogen-bond acceptors (Lipinski definition) is 3. The Labute approximate surface area is 130 Å². The highest BCUT2D eigenvalue weighted by Crippen LogP contribution is 2.35. The van der Waals surface area contributed by atoms with Gasteiger partial charge in [-0.25, -0.2) is 8.42 Å². The largest absolute Gasteiger partial charge is 0.303 e. The molecule has 0 bridgehead atoms. The predicted octanol–water partition coefficient (Wildman–Crippen LogP) is 3.53. The third-order valence-corrected chi connectivity index (χ3v) is 6.06. The van der Waals surface area contributed by atoms with Crippen LogP contribution in [0.5, 0.6) is 0 Å². The molecule has 1 atom stereocenters. The van der Waals surface area contributed by atoms with Crippen molar-refractivity contribution in [3.8, 4) is 0 Å². The van der Waals surface area contributed by atoms with Crippen LogP contribution in [0.2, 0.25) is 0 Å². The van der Waals surface area contributed by atoms with Crippen molar-refractivity contribution >= 4 is 16.1 Å². The Morgan fingerprint density at radius 1 is 1.05 bits per heavy atom. The number of carbonyl (C=O) groups excluding carboxylic acids is 1. The van der Waals surface area contributed by atoms with E-state index in [1.807, 2.05) is 6.07 Å². The van der Waals surface area contributed by atoms with E-state index < -0.39 is 9.84 Å². The van der Waals surface area contributed by atoms with Crippen LogP contribution < -0.4 is 0 Å². The molecule has 2 aromatic carbocycles. The molecule has 0 fully saturated rings. The van der Waals surface area contributed by atoms with Crippen molar-refractivity contribution in [2.24, 2.45) is 0 Å². The van der Waals surface area contributed by atoms with Crippen LogP contribution in [0.3, 0.4) is 0 Å². The van der Waals surface area contributed by atoms with Crippen LogP contribution in [-0.2, 0) is 21.1 Å². The number of carbonyl (C=O) groups is 1. The highest BCUT2D eigenvalue weighted by Gasteiger charge is 2.23. The molecule has 0 unspecified atom stereocenters. The number of sulfone groups is 1. The number of hydrogen-bond donors (Lipinski definition) is 0. The number of benzene rings is 2. The lowest BCUT2D eigenvalue weighted by Gasteiger charge is -2.24. The monoisotopic (exact) mass is 314 g/mol. The zero-order chi connectivity index (χ0) is 15.6. The second kappa shape index (κ2) is 6.05. The molecule has 2 aromatic rings. The van der Waals surface area contributed by atoms with Gasteiger partial charge in [-0.2, -0.15) is 0 Å². The predicted molar refractivity (Wildman–Crippen MR) is 84.7 cm³/mol. The van der Waals surface area contributed by atoms with Crippen LogP contribution >= 0.6 is 0 Å². The topological polar surface area (TPSA) is 51.2 Å². The quantitative estimate of drug-likeness (QED) is 0.811. The van der Waals surface area contributed by atoms with Crippen molar-refractivity contribution in [2.75, 3.05) is 0 Å². The maximum atomic E-state index is 12.7. The van der Waals surface area contributed by atoms with Crippen LogP contribution in [0.1, 0.15) is 36.3 Å². The summed E-state index contributed by atoms with van der Waals surface area (Å²) in [6.07, 6.45) is 4.34. The van der Waals surface area contributed by atoms with Gasteiger partial charge in [-0.3, -0.25) is 0 Å². The van der Waals surface area contributed by atoms with Crippen molar-refractivity contribution < 1.29 is 13.2 Å². The Bertz CT molecular complexity index is 779. The molecule has 3 rings (SSSR count). The first kappa shape index (κ1) is 15.0. The van der Waals surface area contributed by atoms with Gasteiger partial charge in [0, 0.05) is 6.42 Å². The van der Waals surface area contributed by atoms with E-state index in [-0.39, 0.29) is 5.92 Å². The van der Waals surface area contributed by atoms with Gasteiger partial charge in [0.05, 0.1) is 9.79 Å². The average molecular weight is 314 g/mol. The minimum absolute atomic E-state index is 0.231. The van der Waals surface area contributed by atoms with Crippen molar-refractivity contribution in [3.05, 3.63) is 59.7 Å². The zero-order valence-corrected chi connectivity index (χ0v) is 13.1. The number of rotatable bonds is 4. The summed E-state index contributed by atoms with van der Waals surface area (Å²) in [5.74, 6) is 0.231. The van der Waals surface area contributed by atoms with Crippen molar-refractivity contribution in [2.45, 2.75) is 41.4 Å². The number of aryl methyl sites for hydroxylation is 1. The average Bonchev–Trinajstić information content (AvgIpc) is 2.56. The van der Waals surface area contributed by atoms with E-state index in [1.54, 1.807) is 42.5 Å². The molecule has 0 saturated carbocycles. The summed E-state index contributed by atoms with van der Waals surface area (Å²) in [6.45, 7) is 0. The molecule has 1 aliphatic rings. The molecule has 0 amide bonds. The molecule has 22 heavy (non-hydrogen) atoms. The Hall–Kier alpha value is -1.94. The zero-order valence-electron chi connectivity index (χ0n) is 12.2. The van der Waals surface area contributed by atoms with Gasteiger partial charge >= 0.3 is 0 Å². The number of fused-ring (bicyclic) bond motifs is 1. The van der Waals surface area contributed by atoms with Gasteiger partial charge < -0.3 is 4.79 Å². The maximum absolute atomic E-state index is 12.7. The summed E-state index contributed by atoms with van der Waals surface area (Å²) in [5, 5.41) is 0. The van der Waals surface area contributed by atoms with Crippen molar-refractivity contribution in [1.82, 2.24) is 0 Å².